The zero-order valence-electron chi connectivity index (χ0n) is 14.4. The van der Waals surface area contributed by atoms with Crippen molar-refractivity contribution in [2.45, 2.75) is 24.7 Å². The van der Waals surface area contributed by atoms with Crippen LogP contribution >= 0.6 is 0 Å². The van der Waals surface area contributed by atoms with Gasteiger partial charge in [0.1, 0.15) is 0 Å². The number of imide groups is 1. The maximum atomic E-state index is 14.3. The number of alkyl halides is 2. The van der Waals surface area contributed by atoms with Gasteiger partial charge in [-0.25, -0.2) is 13.6 Å². The van der Waals surface area contributed by atoms with E-state index < -0.39 is 17.9 Å². The number of hydrogen-bond acceptors (Lipinski definition) is 3. The van der Waals surface area contributed by atoms with Crippen molar-refractivity contribution in [2.75, 3.05) is 24.5 Å². The first-order valence-electron chi connectivity index (χ1n) is 8.66. The summed E-state index contributed by atoms with van der Waals surface area (Å²) in [5.74, 6) is -3.89. The number of hydrogen-bond donors (Lipinski definition) is 2. The zero-order chi connectivity index (χ0) is 18.5. The van der Waals surface area contributed by atoms with E-state index in [0.717, 1.165) is 10.9 Å². The number of carbonyl (C=O) groups is 2. The summed E-state index contributed by atoms with van der Waals surface area (Å²) in [6.45, 7) is 0.562. The molecule has 1 atom stereocenters. The van der Waals surface area contributed by atoms with Crippen LogP contribution in [0.3, 0.4) is 0 Å². The number of aryl methyl sites for hydroxylation is 1. The van der Waals surface area contributed by atoms with Gasteiger partial charge in [-0.2, -0.15) is 0 Å². The van der Waals surface area contributed by atoms with Crippen molar-refractivity contribution in [1.29, 1.82) is 0 Å². The fraction of sp³-hybridized carbons (Fsp3) is 0.444. The minimum atomic E-state index is -2.78. The Morgan fingerprint density at radius 1 is 1.27 bits per heavy atom. The Morgan fingerprint density at radius 3 is 2.81 bits per heavy atom. The number of anilines is 1. The standard InChI is InChI=1S/C18H20F2N4O2/c1-23-9-15(24-7-5-16(25)22-17(24)26)12-3-2-11(8-14(12)23)13-4-6-21-10-18(13,19)20/h2-3,8-9,13,21H,4-7,10H2,1H3,(H,22,25,26). The molecule has 2 aromatic rings. The molecule has 2 fully saturated rings. The molecule has 2 aliphatic rings. The average Bonchev–Trinajstić information content (AvgIpc) is 2.91. The normalized spacial score (nSPS) is 23.3. The molecule has 0 radical (unpaired) electrons. The van der Waals surface area contributed by atoms with E-state index >= 15 is 0 Å². The predicted octanol–water partition coefficient (Wildman–Crippen LogP) is 2.34. The number of fused-ring (bicyclic) bond motifs is 1. The topological polar surface area (TPSA) is 66.4 Å². The van der Waals surface area contributed by atoms with Gasteiger partial charge in [-0.15, -0.1) is 0 Å². The lowest BCUT2D eigenvalue weighted by Crippen LogP contribution is -2.49. The molecule has 0 bridgehead atoms. The molecule has 1 aromatic carbocycles. The Labute approximate surface area is 149 Å². The van der Waals surface area contributed by atoms with E-state index in [4.69, 9.17) is 0 Å². The third kappa shape index (κ3) is 2.74. The lowest BCUT2D eigenvalue weighted by molar-refractivity contribution is -0.120. The predicted molar refractivity (Wildman–Crippen MR) is 93.6 cm³/mol. The van der Waals surface area contributed by atoms with Crippen LogP contribution in [0, 0.1) is 0 Å². The van der Waals surface area contributed by atoms with Crippen LogP contribution in [0.2, 0.25) is 0 Å². The third-order valence-electron chi connectivity index (χ3n) is 5.22. The molecular weight excluding hydrogens is 342 g/mol. The van der Waals surface area contributed by atoms with Gasteiger partial charge in [-0.1, -0.05) is 12.1 Å². The van der Waals surface area contributed by atoms with Crippen LogP contribution < -0.4 is 15.5 Å². The first-order chi connectivity index (χ1) is 12.4. The molecule has 0 aliphatic carbocycles. The van der Waals surface area contributed by atoms with Gasteiger partial charge >= 0.3 is 6.03 Å². The number of piperidine rings is 1. The monoisotopic (exact) mass is 362 g/mol. The van der Waals surface area contributed by atoms with Gasteiger partial charge in [0, 0.05) is 31.6 Å². The van der Waals surface area contributed by atoms with Gasteiger partial charge in [0.25, 0.3) is 5.92 Å². The second kappa shape index (κ2) is 6.05. The quantitative estimate of drug-likeness (QED) is 0.862. The van der Waals surface area contributed by atoms with E-state index in [1.807, 2.05) is 11.6 Å². The van der Waals surface area contributed by atoms with Crippen molar-refractivity contribution in [3.63, 3.8) is 0 Å². The fourth-order valence-corrected chi connectivity index (χ4v) is 3.85. The summed E-state index contributed by atoms with van der Waals surface area (Å²) in [5, 5.41) is 5.86. The van der Waals surface area contributed by atoms with Crippen LogP contribution in [0.1, 0.15) is 24.3 Å². The number of nitrogens with one attached hydrogen (secondary N) is 2. The van der Waals surface area contributed by atoms with Crippen LogP contribution in [-0.4, -0.2) is 42.1 Å². The van der Waals surface area contributed by atoms with Crippen molar-refractivity contribution in [3.05, 3.63) is 30.0 Å². The van der Waals surface area contributed by atoms with E-state index in [1.165, 1.54) is 4.90 Å². The minimum Gasteiger partial charge on any atom is -0.348 e. The number of benzene rings is 1. The highest BCUT2D eigenvalue weighted by Crippen LogP contribution is 2.40. The van der Waals surface area contributed by atoms with Crippen molar-refractivity contribution < 1.29 is 18.4 Å². The highest BCUT2D eigenvalue weighted by molar-refractivity contribution is 6.10. The average molecular weight is 362 g/mol. The van der Waals surface area contributed by atoms with Crippen LogP contribution in [0.15, 0.2) is 24.4 Å². The number of carbonyl (C=O) groups excluding carboxylic acids is 2. The van der Waals surface area contributed by atoms with Gasteiger partial charge in [0.2, 0.25) is 5.91 Å². The van der Waals surface area contributed by atoms with E-state index in [-0.39, 0.29) is 18.9 Å². The summed E-state index contributed by atoms with van der Waals surface area (Å²) in [6.07, 6.45) is 2.42. The smallest absolute Gasteiger partial charge is 0.328 e. The highest BCUT2D eigenvalue weighted by Gasteiger charge is 2.42. The molecule has 2 N–H and O–H groups in total. The molecule has 4 rings (SSSR count). The summed E-state index contributed by atoms with van der Waals surface area (Å²) >= 11 is 0. The van der Waals surface area contributed by atoms with Crippen LogP contribution in [-0.2, 0) is 11.8 Å². The van der Waals surface area contributed by atoms with Crippen molar-refractivity contribution in [2.24, 2.45) is 7.05 Å². The van der Waals surface area contributed by atoms with Gasteiger partial charge in [0.15, 0.2) is 0 Å². The number of nitrogens with zero attached hydrogens (tertiary/aromatic N) is 2. The molecule has 2 saturated heterocycles. The second-order valence-corrected chi connectivity index (χ2v) is 6.94. The second-order valence-electron chi connectivity index (χ2n) is 6.94. The number of aromatic nitrogens is 1. The summed E-state index contributed by atoms with van der Waals surface area (Å²) in [6, 6.07) is 4.85. The molecule has 1 aromatic heterocycles. The number of urea groups is 1. The molecule has 3 heterocycles. The van der Waals surface area contributed by atoms with E-state index in [2.05, 4.69) is 10.6 Å². The summed E-state index contributed by atoms with van der Waals surface area (Å²) in [4.78, 5) is 25.0. The molecule has 0 saturated carbocycles. The fourth-order valence-electron chi connectivity index (χ4n) is 3.85. The number of amides is 3. The number of rotatable bonds is 2. The first kappa shape index (κ1) is 17.0. The molecule has 8 heteroatoms. The Morgan fingerprint density at radius 2 is 2.08 bits per heavy atom. The summed E-state index contributed by atoms with van der Waals surface area (Å²) < 4.78 is 30.4. The van der Waals surface area contributed by atoms with Gasteiger partial charge < -0.3 is 9.88 Å². The Balaban J connectivity index is 1.73. The molecule has 1 unspecified atom stereocenters. The van der Waals surface area contributed by atoms with Gasteiger partial charge in [-0.05, 0) is 24.6 Å². The largest absolute Gasteiger partial charge is 0.348 e. The lowest BCUT2D eigenvalue weighted by Gasteiger charge is -2.32. The lowest BCUT2D eigenvalue weighted by atomic mass is 9.86. The van der Waals surface area contributed by atoms with Crippen LogP contribution in [0.4, 0.5) is 19.3 Å². The molecule has 6 nitrogen and oxygen atoms in total. The van der Waals surface area contributed by atoms with E-state index in [0.29, 0.717) is 30.8 Å². The van der Waals surface area contributed by atoms with Crippen molar-refractivity contribution in [3.8, 4) is 0 Å². The van der Waals surface area contributed by atoms with Crippen molar-refractivity contribution in [1.82, 2.24) is 15.2 Å². The molecular formula is C18H20F2N4O2. The maximum Gasteiger partial charge on any atom is 0.328 e. The van der Waals surface area contributed by atoms with Gasteiger partial charge in [-0.3, -0.25) is 15.0 Å². The summed E-state index contributed by atoms with van der Waals surface area (Å²) in [5.41, 5.74) is 2.07. The van der Waals surface area contributed by atoms with E-state index in [1.54, 1.807) is 24.4 Å². The molecule has 3 amide bonds. The Hall–Kier alpha value is -2.48. The van der Waals surface area contributed by atoms with E-state index in [9.17, 15) is 18.4 Å². The highest BCUT2D eigenvalue weighted by atomic mass is 19.3. The van der Waals surface area contributed by atoms with Crippen molar-refractivity contribution >= 4 is 28.5 Å². The molecule has 26 heavy (non-hydrogen) atoms. The Bertz CT molecular complexity index is 893. The summed E-state index contributed by atoms with van der Waals surface area (Å²) in [7, 11) is 1.82. The minimum absolute atomic E-state index is 0.238. The molecule has 2 aliphatic heterocycles. The number of halogens is 2. The zero-order valence-corrected chi connectivity index (χ0v) is 14.4. The maximum absolute atomic E-state index is 14.3. The SMILES string of the molecule is Cn1cc(N2CCC(=O)NC2=O)c2ccc(C3CCNCC3(F)F)cc21. The third-order valence-corrected chi connectivity index (χ3v) is 5.22. The van der Waals surface area contributed by atoms with Crippen LogP contribution in [0.25, 0.3) is 10.9 Å². The van der Waals surface area contributed by atoms with Crippen LogP contribution in [0.5, 0.6) is 0 Å². The molecule has 138 valence electrons. The van der Waals surface area contributed by atoms with Gasteiger partial charge in [0.05, 0.1) is 23.7 Å². The Kier molecular flexibility index (Phi) is 3.95. The first-order valence-corrected chi connectivity index (χ1v) is 8.66. The molecule has 0 spiro atoms.